The van der Waals surface area contributed by atoms with E-state index in [9.17, 15) is 9.59 Å². The van der Waals surface area contributed by atoms with Crippen LogP contribution in [0.3, 0.4) is 0 Å². The molecular weight excluding hydrogens is 420 g/mol. The smallest absolute Gasteiger partial charge is 0.229 e. The Morgan fingerprint density at radius 1 is 1.12 bits per heavy atom. The summed E-state index contributed by atoms with van der Waals surface area (Å²) in [5.74, 6) is 1.30. The van der Waals surface area contributed by atoms with E-state index < -0.39 is 5.41 Å². The Kier molecular flexibility index (Phi) is 4.17. The lowest BCUT2D eigenvalue weighted by Crippen LogP contribution is -2.28. The lowest BCUT2D eigenvalue weighted by Gasteiger charge is -2.10. The Morgan fingerprint density at radius 2 is 1.94 bits per heavy atom. The van der Waals surface area contributed by atoms with Crippen molar-refractivity contribution in [2.24, 2.45) is 11.7 Å². The molecule has 2 saturated carbocycles. The van der Waals surface area contributed by atoms with E-state index in [1.54, 1.807) is 19.4 Å². The van der Waals surface area contributed by atoms with Gasteiger partial charge in [0.2, 0.25) is 17.7 Å². The summed E-state index contributed by atoms with van der Waals surface area (Å²) in [4.78, 5) is 37.8. The van der Waals surface area contributed by atoms with Gasteiger partial charge in [-0.15, -0.1) is 0 Å². The van der Waals surface area contributed by atoms with Crippen LogP contribution in [0.1, 0.15) is 31.2 Å². The summed E-state index contributed by atoms with van der Waals surface area (Å²) in [6, 6.07) is 7.40. The van der Waals surface area contributed by atoms with Gasteiger partial charge in [0, 0.05) is 36.1 Å². The fraction of sp³-hybridized carbons (Fsp3) is 0.292. The molecule has 0 atom stereocenters. The van der Waals surface area contributed by atoms with Gasteiger partial charge in [-0.3, -0.25) is 9.59 Å². The highest BCUT2D eigenvalue weighted by molar-refractivity contribution is 6.03. The molecule has 4 N–H and O–H groups in total. The molecule has 166 valence electrons. The Bertz CT molecular complexity index is 1450. The highest BCUT2D eigenvalue weighted by Crippen LogP contribution is 2.48. The lowest BCUT2D eigenvalue weighted by atomic mass is 9.95. The van der Waals surface area contributed by atoms with Crippen LogP contribution in [-0.4, -0.2) is 33.8 Å². The number of nitrogens with two attached hydrogens (primary N) is 1. The van der Waals surface area contributed by atoms with Gasteiger partial charge < -0.3 is 20.8 Å². The Hall–Kier alpha value is -4.01. The summed E-state index contributed by atoms with van der Waals surface area (Å²) in [5.41, 5.74) is 7.85. The number of hydrogen-bond acceptors (Lipinski definition) is 7. The minimum absolute atomic E-state index is 0.0101. The standard InChI is InChI=1S/C24H22N6O3/c1-26-20-15-10-27-19(30-21(31)12-2-3-12)9-14(15)16(11-28-20)22-29-17-8-13(4-5-18(17)33-22)24(6-7-24)23(25)32/h4-5,8-12H,2-3,6-7H2,1H3,(H2,25,32)(H,26,28)(H,27,30,31). The minimum atomic E-state index is -0.587. The maximum atomic E-state index is 12.2. The predicted molar refractivity (Wildman–Crippen MR) is 124 cm³/mol. The second-order valence-corrected chi connectivity index (χ2v) is 8.80. The number of primary amides is 1. The Balaban J connectivity index is 1.45. The monoisotopic (exact) mass is 442 g/mol. The van der Waals surface area contributed by atoms with Crippen molar-refractivity contribution in [1.82, 2.24) is 15.0 Å². The van der Waals surface area contributed by atoms with Crippen molar-refractivity contribution >= 4 is 45.3 Å². The van der Waals surface area contributed by atoms with Gasteiger partial charge in [-0.2, -0.15) is 0 Å². The number of anilines is 2. The van der Waals surface area contributed by atoms with E-state index in [0.717, 1.165) is 42.0 Å². The largest absolute Gasteiger partial charge is 0.436 e. The van der Waals surface area contributed by atoms with Crippen molar-refractivity contribution in [3.63, 3.8) is 0 Å². The fourth-order valence-electron chi connectivity index (χ4n) is 4.29. The molecule has 0 radical (unpaired) electrons. The number of oxazole rings is 1. The number of pyridine rings is 2. The molecule has 2 aliphatic carbocycles. The molecule has 3 heterocycles. The number of nitrogens with one attached hydrogen (secondary N) is 2. The van der Waals surface area contributed by atoms with Gasteiger partial charge in [0.05, 0.1) is 11.0 Å². The number of benzene rings is 1. The topological polar surface area (TPSA) is 136 Å². The van der Waals surface area contributed by atoms with E-state index in [1.807, 2.05) is 24.3 Å². The second-order valence-electron chi connectivity index (χ2n) is 8.80. The Morgan fingerprint density at radius 3 is 2.64 bits per heavy atom. The van der Waals surface area contributed by atoms with E-state index in [-0.39, 0.29) is 17.7 Å². The van der Waals surface area contributed by atoms with Gasteiger partial charge >= 0.3 is 0 Å². The van der Waals surface area contributed by atoms with E-state index in [1.165, 1.54) is 0 Å². The molecule has 0 bridgehead atoms. The number of amides is 2. The molecule has 1 aromatic carbocycles. The molecule has 9 heteroatoms. The number of carbonyl (C=O) groups is 2. The minimum Gasteiger partial charge on any atom is -0.436 e. The maximum absolute atomic E-state index is 12.2. The average molecular weight is 442 g/mol. The Labute approximate surface area is 188 Å². The molecule has 2 fully saturated rings. The number of hydrogen-bond donors (Lipinski definition) is 3. The molecular formula is C24H22N6O3. The first kappa shape index (κ1) is 19.7. The van der Waals surface area contributed by atoms with Gasteiger partial charge in [-0.1, -0.05) is 6.07 Å². The normalized spacial score (nSPS) is 16.6. The average Bonchev–Trinajstić information content (AvgIpc) is 3.74. The maximum Gasteiger partial charge on any atom is 0.229 e. The zero-order chi connectivity index (χ0) is 22.7. The van der Waals surface area contributed by atoms with Crippen LogP contribution in [0.5, 0.6) is 0 Å². The molecule has 0 saturated heterocycles. The summed E-state index contributed by atoms with van der Waals surface area (Å²) in [7, 11) is 1.79. The molecule has 9 nitrogen and oxygen atoms in total. The van der Waals surface area contributed by atoms with Crippen molar-refractivity contribution in [1.29, 1.82) is 0 Å². The van der Waals surface area contributed by atoms with E-state index in [0.29, 0.717) is 34.2 Å². The quantitative estimate of drug-likeness (QED) is 0.416. The molecule has 4 aromatic rings. The SMILES string of the molecule is CNc1ncc(-c2nc3cc(C4(C(N)=O)CC4)ccc3o2)c2cc(NC(=O)C3CC3)ncc12. The molecule has 6 rings (SSSR count). The molecule has 3 aromatic heterocycles. The number of aromatic nitrogens is 3. The summed E-state index contributed by atoms with van der Waals surface area (Å²) in [6.45, 7) is 0. The van der Waals surface area contributed by atoms with Crippen LogP contribution in [0, 0.1) is 5.92 Å². The van der Waals surface area contributed by atoms with Crippen LogP contribution in [0.25, 0.3) is 33.3 Å². The third-order valence-corrected chi connectivity index (χ3v) is 6.60. The van der Waals surface area contributed by atoms with Crippen molar-refractivity contribution in [2.45, 2.75) is 31.1 Å². The molecule has 0 aliphatic heterocycles. The second kappa shape index (κ2) is 6.99. The predicted octanol–water partition coefficient (Wildman–Crippen LogP) is 3.35. The third kappa shape index (κ3) is 3.19. The van der Waals surface area contributed by atoms with Crippen LogP contribution in [0.2, 0.25) is 0 Å². The van der Waals surface area contributed by atoms with Crippen molar-refractivity contribution in [3.05, 3.63) is 42.2 Å². The molecule has 0 unspecified atom stereocenters. The van der Waals surface area contributed by atoms with Crippen LogP contribution >= 0.6 is 0 Å². The molecule has 2 aliphatic rings. The molecule has 33 heavy (non-hydrogen) atoms. The zero-order valence-electron chi connectivity index (χ0n) is 18.0. The number of fused-ring (bicyclic) bond motifs is 2. The number of carbonyl (C=O) groups excluding carboxylic acids is 2. The zero-order valence-corrected chi connectivity index (χ0v) is 18.0. The van der Waals surface area contributed by atoms with Crippen LogP contribution in [-0.2, 0) is 15.0 Å². The van der Waals surface area contributed by atoms with Crippen LogP contribution < -0.4 is 16.4 Å². The van der Waals surface area contributed by atoms with Gasteiger partial charge in [-0.25, -0.2) is 15.0 Å². The summed E-state index contributed by atoms with van der Waals surface area (Å²) >= 11 is 0. The third-order valence-electron chi connectivity index (χ3n) is 6.60. The lowest BCUT2D eigenvalue weighted by molar-refractivity contribution is -0.120. The number of rotatable bonds is 6. The summed E-state index contributed by atoms with van der Waals surface area (Å²) < 4.78 is 6.06. The highest BCUT2D eigenvalue weighted by atomic mass is 16.3. The van der Waals surface area contributed by atoms with Crippen molar-refractivity contribution < 1.29 is 14.0 Å². The van der Waals surface area contributed by atoms with E-state index in [2.05, 4.69) is 20.6 Å². The first-order chi connectivity index (χ1) is 16.0. The van der Waals surface area contributed by atoms with Gasteiger partial charge in [0.15, 0.2) is 5.58 Å². The van der Waals surface area contributed by atoms with E-state index >= 15 is 0 Å². The summed E-state index contributed by atoms with van der Waals surface area (Å²) in [5, 5.41) is 7.56. The molecule has 0 spiro atoms. The summed E-state index contributed by atoms with van der Waals surface area (Å²) in [6.07, 6.45) is 6.71. The first-order valence-electron chi connectivity index (χ1n) is 11.0. The van der Waals surface area contributed by atoms with E-state index in [4.69, 9.17) is 15.1 Å². The van der Waals surface area contributed by atoms with Crippen LogP contribution in [0.4, 0.5) is 11.6 Å². The van der Waals surface area contributed by atoms with Crippen LogP contribution in [0.15, 0.2) is 41.1 Å². The van der Waals surface area contributed by atoms with Gasteiger partial charge in [0.25, 0.3) is 0 Å². The fourth-order valence-corrected chi connectivity index (χ4v) is 4.29. The first-order valence-corrected chi connectivity index (χ1v) is 11.0. The molecule has 2 amide bonds. The highest BCUT2D eigenvalue weighted by Gasteiger charge is 2.50. The van der Waals surface area contributed by atoms with Gasteiger partial charge in [-0.05, 0) is 49.4 Å². The van der Waals surface area contributed by atoms with Crippen molar-refractivity contribution in [2.75, 3.05) is 17.7 Å². The van der Waals surface area contributed by atoms with Crippen molar-refractivity contribution in [3.8, 4) is 11.5 Å². The van der Waals surface area contributed by atoms with Gasteiger partial charge in [0.1, 0.15) is 17.2 Å². The number of nitrogens with zero attached hydrogens (tertiary/aromatic N) is 3.